The number of urea groups is 2. The fourth-order valence-corrected chi connectivity index (χ4v) is 4.39. The van der Waals surface area contributed by atoms with Gasteiger partial charge in [0.05, 0.1) is 0 Å². The molecule has 2 N–H and O–H groups in total. The number of fused-ring (bicyclic) bond motifs is 1. The molecule has 0 aromatic heterocycles. The average molecular weight is 371 g/mol. The van der Waals surface area contributed by atoms with Gasteiger partial charge in [0.25, 0.3) is 0 Å². The zero-order valence-corrected chi connectivity index (χ0v) is 15.8. The minimum Gasteiger partial charge on any atom is -0.337 e. The Morgan fingerprint density at radius 1 is 1.11 bits per heavy atom. The van der Waals surface area contributed by atoms with Crippen LogP contribution in [0.15, 0.2) is 24.3 Å². The van der Waals surface area contributed by atoms with Crippen LogP contribution >= 0.6 is 0 Å². The first kappa shape index (κ1) is 18.1. The van der Waals surface area contributed by atoms with Crippen LogP contribution in [0, 0.1) is 0 Å². The van der Waals surface area contributed by atoms with E-state index in [1.54, 1.807) is 0 Å². The maximum atomic E-state index is 12.4. The van der Waals surface area contributed by atoms with Gasteiger partial charge in [0.15, 0.2) is 0 Å². The van der Waals surface area contributed by atoms with Crippen molar-refractivity contribution in [2.24, 2.45) is 0 Å². The standard InChI is InChI=1S/C20H29N5O2/c26-19(24-11-6-18(7-12-24)25-14-9-22-20(25)27)21-8-13-23-10-5-16-3-1-2-4-17(16)15-23/h1-4,18H,5-15H2,(H,21,26)(H,22,27). The van der Waals surface area contributed by atoms with Gasteiger partial charge in [-0.2, -0.15) is 0 Å². The van der Waals surface area contributed by atoms with Crippen molar-refractivity contribution in [3.05, 3.63) is 35.4 Å². The van der Waals surface area contributed by atoms with E-state index in [1.165, 1.54) is 11.1 Å². The third-order valence-corrected chi connectivity index (χ3v) is 6.00. The molecule has 146 valence electrons. The fourth-order valence-electron chi connectivity index (χ4n) is 4.39. The Morgan fingerprint density at radius 3 is 2.63 bits per heavy atom. The van der Waals surface area contributed by atoms with Crippen molar-refractivity contribution in [1.29, 1.82) is 0 Å². The van der Waals surface area contributed by atoms with Crippen LogP contribution in [0.3, 0.4) is 0 Å². The van der Waals surface area contributed by atoms with E-state index in [1.807, 2.05) is 9.80 Å². The largest absolute Gasteiger partial charge is 0.337 e. The highest BCUT2D eigenvalue weighted by Crippen LogP contribution is 2.19. The topological polar surface area (TPSA) is 67.9 Å². The summed E-state index contributed by atoms with van der Waals surface area (Å²) in [6, 6.07) is 8.95. The van der Waals surface area contributed by atoms with Crippen molar-refractivity contribution < 1.29 is 9.59 Å². The highest BCUT2D eigenvalue weighted by molar-refractivity contribution is 5.77. The summed E-state index contributed by atoms with van der Waals surface area (Å²) in [6.07, 6.45) is 2.81. The Morgan fingerprint density at radius 2 is 1.89 bits per heavy atom. The van der Waals surface area contributed by atoms with Gasteiger partial charge in [-0.1, -0.05) is 24.3 Å². The molecule has 4 rings (SSSR count). The van der Waals surface area contributed by atoms with Crippen LogP contribution in [-0.2, 0) is 13.0 Å². The van der Waals surface area contributed by atoms with Crippen LogP contribution < -0.4 is 10.6 Å². The molecule has 1 aromatic carbocycles. The first-order valence-electron chi connectivity index (χ1n) is 10.1. The molecule has 2 saturated heterocycles. The molecule has 0 atom stereocenters. The molecule has 3 heterocycles. The zero-order valence-electron chi connectivity index (χ0n) is 15.8. The monoisotopic (exact) mass is 371 g/mol. The maximum Gasteiger partial charge on any atom is 0.317 e. The van der Waals surface area contributed by atoms with E-state index in [4.69, 9.17) is 0 Å². The van der Waals surface area contributed by atoms with Gasteiger partial charge in [0.2, 0.25) is 0 Å². The molecule has 0 bridgehead atoms. The molecule has 0 radical (unpaired) electrons. The summed E-state index contributed by atoms with van der Waals surface area (Å²) in [5, 5.41) is 5.92. The van der Waals surface area contributed by atoms with Gasteiger partial charge in [-0.15, -0.1) is 0 Å². The van der Waals surface area contributed by atoms with Crippen molar-refractivity contribution >= 4 is 12.1 Å². The molecule has 0 aliphatic carbocycles. The second-order valence-electron chi connectivity index (χ2n) is 7.67. The second kappa shape index (κ2) is 8.17. The number of hydrogen-bond acceptors (Lipinski definition) is 3. The third kappa shape index (κ3) is 4.18. The molecular formula is C20H29N5O2. The smallest absolute Gasteiger partial charge is 0.317 e. The van der Waals surface area contributed by atoms with Crippen LogP contribution in [0.2, 0.25) is 0 Å². The first-order chi connectivity index (χ1) is 13.2. The summed E-state index contributed by atoms with van der Waals surface area (Å²) in [5.74, 6) is 0. The number of amides is 4. The fraction of sp³-hybridized carbons (Fsp3) is 0.600. The van der Waals surface area contributed by atoms with Gasteiger partial charge in [-0.25, -0.2) is 9.59 Å². The van der Waals surface area contributed by atoms with Crippen LogP contribution in [0.1, 0.15) is 24.0 Å². The van der Waals surface area contributed by atoms with Gasteiger partial charge >= 0.3 is 12.1 Å². The minimum absolute atomic E-state index is 0.0248. The Balaban J connectivity index is 1.17. The lowest BCUT2D eigenvalue weighted by Crippen LogP contribution is -2.51. The van der Waals surface area contributed by atoms with E-state index >= 15 is 0 Å². The van der Waals surface area contributed by atoms with E-state index < -0.39 is 0 Å². The zero-order chi connectivity index (χ0) is 18.6. The average Bonchev–Trinajstić information content (AvgIpc) is 3.14. The normalized spacial score (nSPS) is 21.1. The summed E-state index contributed by atoms with van der Waals surface area (Å²) >= 11 is 0. The maximum absolute atomic E-state index is 12.4. The van der Waals surface area contributed by atoms with E-state index in [2.05, 4.69) is 39.8 Å². The van der Waals surface area contributed by atoms with Crippen molar-refractivity contribution in [3.8, 4) is 0 Å². The lowest BCUT2D eigenvalue weighted by molar-refractivity contribution is 0.140. The van der Waals surface area contributed by atoms with Gasteiger partial charge in [-0.05, 0) is 30.4 Å². The number of nitrogens with zero attached hydrogens (tertiary/aromatic N) is 3. The van der Waals surface area contributed by atoms with E-state index in [0.717, 1.165) is 65.1 Å². The van der Waals surface area contributed by atoms with Crippen molar-refractivity contribution in [2.45, 2.75) is 31.8 Å². The quantitative estimate of drug-likeness (QED) is 0.837. The number of carbonyl (C=O) groups is 2. The molecule has 4 amide bonds. The van der Waals surface area contributed by atoms with Crippen LogP contribution in [-0.4, -0.2) is 78.6 Å². The molecule has 0 saturated carbocycles. The lowest BCUT2D eigenvalue weighted by atomic mass is 10.00. The highest BCUT2D eigenvalue weighted by Gasteiger charge is 2.31. The number of hydrogen-bond donors (Lipinski definition) is 2. The SMILES string of the molecule is O=C(NCCN1CCc2ccccc2C1)N1CCC(N2CCNC2=O)CC1. The summed E-state index contributed by atoms with van der Waals surface area (Å²) in [5.41, 5.74) is 2.86. The summed E-state index contributed by atoms with van der Waals surface area (Å²) in [4.78, 5) is 30.4. The van der Waals surface area contributed by atoms with Crippen molar-refractivity contribution in [1.82, 2.24) is 25.3 Å². The number of benzene rings is 1. The molecule has 3 aliphatic heterocycles. The van der Waals surface area contributed by atoms with E-state index in [-0.39, 0.29) is 18.1 Å². The number of piperidine rings is 1. The van der Waals surface area contributed by atoms with Crippen molar-refractivity contribution in [2.75, 3.05) is 45.8 Å². The molecule has 2 fully saturated rings. The molecule has 1 aromatic rings. The Labute approximate surface area is 160 Å². The predicted octanol–water partition coefficient (Wildman–Crippen LogP) is 1.24. The van der Waals surface area contributed by atoms with Gasteiger partial charge in [0, 0.05) is 58.4 Å². The third-order valence-electron chi connectivity index (χ3n) is 6.00. The first-order valence-corrected chi connectivity index (χ1v) is 10.1. The van der Waals surface area contributed by atoms with Crippen LogP contribution in [0.25, 0.3) is 0 Å². The van der Waals surface area contributed by atoms with Crippen molar-refractivity contribution in [3.63, 3.8) is 0 Å². The Kier molecular flexibility index (Phi) is 5.48. The second-order valence-corrected chi connectivity index (χ2v) is 7.67. The summed E-state index contributed by atoms with van der Waals surface area (Å²) < 4.78 is 0. The van der Waals surface area contributed by atoms with Crippen LogP contribution in [0.4, 0.5) is 9.59 Å². The molecule has 3 aliphatic rings. The molecule has 0 spiro atoms. The highest BCUT2D eigenvalue weighted by atomic mass is 16.2. The molecule has 7 nitrogen and oxygen atoms in total. The molecule has 27 heavy (non-hydrogen) atoms. The predicted molar refractivity (Wildman–Crippen MR) is 104 cm³/mol. The molecule has 7 heteroatoms. The minimum atomic E-state index is 0.0248. The number of rotatable bonds is 4. The molecular weight excluding hydrogens is 342 g/mol. The summed E-state index contributed by atoms with van der Waals surface area (Å²) in [7, 11) is 0. The lowest BCUT2D eigenvalue weighted by Gasteiger charge is -2.36. The number of carbonyl (C=O) groups excluding carboxylic acids is 2. The summed E-state index contributed by atoms with van der Waals surface area (Å²) in [6.45, 7) is 6.54. The van der Waals surface area contributed by atoms with E-state index in [0.29, 0.717) is 6.54 Å². The Hall–Kier alpha value is -2.28. The van der Waals surface area contributed by atoms with Gasteiger partial charge in [-0.3, -0.25) is 4.90 Å². The van der Waals surface area contributed by atoms with Crippen LogP contribution in [0.5, 0.6) is 0 Å². The van der Waals surface area contributed by atoms with E-state index in [9.17, 15) is 9.59 Å². The number of likely N-dealkylation sites (tertiary alicyclic amines) is 1. The Bertz CT molecular complexity index is 687. The molecule has 0 unspecified atom stereocenters. The van der Waals surface area contributed by atoms with Gasteiger partial charge < -0.3 is 20.4 Å². The van der Waals surface area contributed by atoms with Gasteiger partial charge in [0.1, 0.15) is 0 Å². The number of nitrogens with one attached hydrogen (secondary N) is 2.